The van der Waals surface area contributed by atoms with Gasteiger partial charge in [-0.25, -0.2) is 14.4 Å². The number of ether oxygens (including phenoxy) is 3. The molecule has 1 aliphatic rings. The zero-order chi connectivity index (χ0) is 12.8. The number of esters is 3. The summed E-state index contributed by atoms with van der Waals surface area (Å²) in [6.45, 7) is 4.85. The zero-order valence-electron chi connectivity index (χ0n) is 9.51. The van der Waals surface area contributed by atoms with E-state index in [1.165, 1.54) is 0 Å². The molecule has 2 atom stereocenters. The molecule has 1 heterocycles. The molecule has 0 aromatic heterocycles. The summed E-state index contributed by atoms with van der Waals surface area (Å²) in [7, 11) is 0. The van der Waals surface area contributed by atoms with Crippen LogP contribution in [0.2, 0.25) is 0 Å². The monoisotopic (exact) mass is 242 g/mol. The minimum atomic E-state index is -0.909. The fourth-order valence-electron chi connectivity index (χ4n) is 1.32. The molecule has 1 fully saturated rings. The van der Waals surface area contributed by atoms with Gasteiger partial charge in [-0.3, -0.25) is 0 Å². The molecule has 0 aromatic rings. The van der Waals surface area contributed by atoms with Gasteiger partial charge in [-0.15, -0.1) is 0 Å². The standard InChI is InChI=1S/C11H14O6/c1-3-9(12)15-6-10(13)17-8-4-7(2)5-16-11(8)14/h3,7-8H,1,4-6H2,2H3. The van der Waals surface area contributed by atoms with Crippen LogP contribution in [0.1, 0.15) is 13.3 Å². The van der Waals surface area contributed by atoms with Crippen LogP contribution in [-0.4, -0.2) is 37.2 Å². The third-order valence-corrected chi connectivity index (χ3v) is 2.16. The van der Waals surface area contributed by atoms with Crippen LogP contribution < -0.4 is 0 Å². The number of hydrogen-bond acceptors (Lipinski definition) is 6. The first-order valence-corrected chi connectivity index (χ1v) is 5.18. The highest BCUT2D eigenvalue weighted by Crippen LogP contribution is 2.17. The van der Waals surface area contributed by atoms with Gasteiger partial charge in [0.2, 0.25) is 0 Å². The molecule has 0 spiro atoms. The SMILES string of the molecule is C=CC(=O)OCC(=O)OC1CC(C)COC1=O. The van der Waals surface area contributed by atoms with Gasteiger partial charge in [0.05, 0.1) is 6.61 Å². The molecule has 1 rings (SSSR count). The van der Waals surface area contributed by atoms with Crippen LogP contribution in [0.15, 0.2) is 12.7 Å². The van der Waals surface area contributed by atoms with Gasteiger partial charge < -0.3 is 14.2 Å². The van der Waals surface area contributed by atoms with Crippen molar-refractivity contribution in [3.63, 3.8) is 0 Å². The summed E-state index contributed by atoms with van der Waals surface area (Å²) in [6, 6.07) is 0. The van der Waals surface area contributed by atoms with Crippen LogP contribution in [0.4, 0.5) is 0 Å². The Morgan fingerprint density at radius 1 is 1.59 bits per heavy atom. The third kappa shape index (κ3) is 4.26. The molecule has 17 heavy (non-hydrogen) atoms. The molecule has 6 nitrogen and oxygen atoms in total. The van der Waals surface area contributed by atoms with E-state index in [0.717, 1.165) is 6.08 Å². The quantitative estimate of drug-likeness (QED) is 0.398. The van der Waals surface area contributed by atoms with E-state index in [2.05, 4.69) is 11.3 Å². The minimum absolute atomic E-state index is 0.140. The Bertz CT molecular complexity index is 335. The van der Waals surface area contributed by atoms with Gasteiger partial charge in [0.15, 0.2) is 12.7 Å². The fourth-order valence-corrected chi connectivity index (χ4v) is 1.32. The maximum absolute atomic E-state index is 11.2. The van der Waals surface area contributed by atoms with E-state index in [1.807, 2.05) is 6.92 Å². The largest absolute Gasteiger partial charge is 0.463 e. The maximum atomic E-state index is 11.2. The first-order chi connectivity index (χ1) is 8.02. The van der Waals surface area contributed by atoms with E-state index in [1.54, 1.807) is 0 Å². The number of cyclic esters (lactones) is 1. The second-order valence-electron chi connectivity index (χ2n) is 3.76. The predicted octanol–water partition coefficient (Wildman–Crippen LogP) is 0.210. The Balaban J connectivity index is 2.36. The Hall–Kier alpha value is -1.85. The van der Waals surface area contributed by atoms with Crippen LogP contribution in [0.25, 0.3) is 0 Å². The zero-order valence-corrected chi connectivity index (χ0v) is 9.51. The molecule has 94 valence electrons. The second-order valence-corrected chi connectivity index (χ2v) is 3.76. The third-order valence-electron chi connectivity index (χ3n) is 2.16. The van der Waals surface area contributed by atoms with Crippen LogP contribution in [0.3, 0.4) is 0 Å². The first kappa shape index (κ1) is 13.2. The summed E-state index contributed by atoms with van der Waals surface area (Å²) in [5.74, 6) is -1.93. The van der Waals surface area contributed by atoms with Crippen LogP contribution in [0, 0.1) is 5.92 Å². The van der Waals surface area contributed by atoms with Crippen molar-refractivity contribution in [3.8, 4) is 0 Å². The minimum Gasteiger partial charge on any atom is -0.463 e. The van der Waals surface area contributed by atoms with E-state index in [4.69, 9.17) is 9.47 Å². The van der Waals surface area contributed by atoms with E-state index in [0.29, 0.717) is 13.0 Å². The van der Waals surface area contributed by atoms with Gasteiger partial charge in [-0.1, -0.05) is 13.5 Å². The molecule has 1 saturated heterocycles. The van der Waals surface area contributed by atoms with Crippen molar-refractivity contribution in [2.24, 2.45) is 5.92 Å². The topological polar surface area (TPSA) is 78.9 Å². The molecular formula is C11H14O6. The lowest BCUT2D eigenvalue weighted by Crippen LogP contribution is -2.37. The molecule has 0 saturated carbocycles. The van der Waals surface area contributed by atoms with Crippen molar-refractivity contribution in [3.05, 3.63) is 12.7 Å². The smallest absolute Gasteiger partial charge is 0.347 e. The van der Waals surface area contributed by atoms with Gasteiger partial charge >= 0.3 is 17.9 Å². The molecular weight excluding hydrogens is 228 g/mol. The second kappa shape index (κ2) is 6.03. The van der Waals surface area contributed by atoms with Gasteiger partial charge in [-0.05, 0) is 5.92 Å². The van der Waals surface area contributed by atoms with Crippen molar-refractivity contribution < 1.29 is 28.6 Å². The van der Waals surface area contributed by atoms with Gasteiger partial charge in [0.25, 0.3) is 0 Å². The Kier molecular flexibility index (Phi) is 4.68. The van der Waals surface area contributed by atoms with Crippen LogP contribution in [0.5, 0.6) is 0 Å². The number of carbonyl (C=O) groups excluding carboxylic acids is 3. The predicted molar refractivity (Wildman–Crippen MR) is 55.8 cm³/mol. The van der Waals surface area contributed by atoms with Gasteiger partial charge in [-0.2, -0.15) is 0 Å². The molecule has 2 unspecified atom stereocenters. The molecule has 1 aliphatic heterocycles. The average Bonchev–Trinajstić information content (AvgIpc) is 2.30. The normalized spacial score (nSPS) is 23.5. The summed E-state index contributed by atoms with van der Waals surface area (Å²) >= 11 is 0. The van der Waals surface area contributed by atoms with E-state index in [9.17, 15) is 14.4 Å². The highest BCUT2D eigenvalue weighted by molar-refractivity contribution is 5.84. The lowest BCUT2D eigenvalue weighted by molar-refractivity contribution is -0.178. The van der Waals surface area contributed by atoms with Crippen molar-refractivity contribution in [2.45, 2.75) is 19.4 Å². The average molecular weight is 242 g/mol. The Morgan fingerprint density at radius 3 is 2.94 bits per heavy atom. The Labute approximate surface area is 98.5 Å². The summed E-state index contributed by atoms with van der Waals surface area (Å²) in [4.78, 5) is 33.2. The molecule has 0 amide bonds. The van der Waals surface area contributed by atoms with Crippen molar-refractivity contribution in [1.82, 2.24) is 0 Å². The highest BCUT2D eigenvalue weighted by atomic mass is 16.6. The molecule has 0 aromatic carbocycles. The summed E-state index contributed by atoms with van der Waals surface area (Å²) in [6.07, 6.45) is 0.443. The highest BCUT2D eigenvalue weighted by Gasteiger charge is 2.31. The summed E-state index contributed by atoms with van der Waals surface area (Å²) in [5, 5.41) is 0. The van der Waals surface area contributed by atoms with Crippen LogP contribution >= 0.6 is 0 Å². The lowest BCUT2D eigenvalue weighted by atomic mass is 10.0. The summed E-state index contributed by atoms with van der Waals surface area (Å²) in [5.41, 5.74) is 0. The van der Waals surface area contributed by atoms with Gasteiger partial charge in [0.1, 0.15) is 0 Å². The van der Waals surface area contributed by atoms with Crippen molar-refractivity contribution >= 4 is 17.9 Å². The Morgan fingerprint density at radius 2 is 2.29 bits per heavy atom. The molecule has 6 heteroatoms. The van der Waals surface area contributed by atoms with Gasteiger partial charge in [0, 0.05) is 12.5 Å². The number of carbonyl (C=O) groups is 3. The summed E-state index contributed by atoms with van der Waals surface area (Å²) < 4.78 is 14.1. The fraction of sp³-hybridized carbons (Fsp3) is 0.545. The van der Waals surface area contributed by atoms with E-state index >= 15 is 0 Å². The van der Waals surface area contributed by atoms with E-state index in [-0.39, 0.29) is 5.92 Å². The maximum Gasteiger partial charge on any atom is 0.347 e. The van der Waals surface area contributed by atoms with Crippen molar-refractivity contribution in [2.75, 3.05) is 13.2 Å². The number of hydrogen-bond donors (Lipinski definition) is 0. The van der Waals surface area contributed by atoms with Crippen molar-refractivity contribution in [1.29, 1.82) is 0 Å². The molecule has 0 N–H and O–H groups in total. The molecule has 0 aliphatic carbocycles. The first-order valence-electron chi connectivity index (χ1n) is 5.18. The van der Waals surface area contributed by atoms with E-state index < -0.39 is 30.6 Å². The molecule has 0 radical (unpaired) electrons. The molecule has 0 bridgehead atoms. The number of rotatable bonds is 4. The lowest BCUT2D eigenvalue weighted by Gasteiger charge is -2.25. The van der Waals surface area contributed by atoms with Crippen LogP contribution in [-0.2, 0) is 28.6 Å².